The van der Waals surface area contributed by atoms with Crippen LogP contribution in [0.4, 0.5) is 19.3 Å². The van der Waals surface area contributed by atoms with Crippen LogP contribution in [-0.4, -0.2) is 30.0 Å². The largest absolute Gasteiger partial charge is 0.496 e. The van der Waals surface area contributed by atoms with Gasteiger partial charge >= 0.3 is 12.1 Å². The number of rotatable bonds is 6. The van der Waals surface area contributed by atoms with Crippen LogP contribution in [0.3, 0.4) is 0 Å². The number of ether oxygens (including phenoxy) is 2. The van der Waals surface area contributed by atoms with Gasteiger partial charge in [0.1, 0.15) is 5.75 Å². The normalized spacial score (nSPS) is 11.2. The summed E-state index contributed by atoms with van der Waals surface area (Å²) in [5, 5.41) is 3.68. The third kappa shape index (κ3) is 5.99. The predicted octanol–water partition coefficient (Wildman–Crippen LogP) is 5.74. The van der Waals surface area contributed by atoms with Crippen molar-refractivity contribution in [2.75, 3.05) is 12.4 Å². The van der Waals surface area contributed by atoms with Gasteiger partial charge in [-0.3, -0.25) is 10.1 Å². The molecule has 0 aliphatic carbocycles. The average molecular weight is 488 g/mol. The van der Waals surface area contributed by atoms with Crippen LogP contribution in [0.2, 0.25) is 10.0 Å². The summed E-state index contributed by atoms with van der Waals surface area (Å²) in [5.74, 6) is -1.05. The first-order chi connectivity index (χ1) is 13.5. The Morgan fingerprint density at radius 1 is 1.10 bits per heavy atom. The summed E-state index contributed by atoms with van der Waals surface area (Å²) in [6.07, 6.45) is -3.95. The highest BCUT2D eigenvalue weighted by Gasteiger charge is 2.41. The fourth-order valence-electron chi connectivity index (χ4n) is 2.08. The molecule has 156 valence electrons. The third-order valence-electron chi connectivity index (χ3n) is 3.33. The average Bonchev–Trinajstić information content (AvgIpc) is 2.64. The number of anilines is 1. The molecule has 29 heavy (non-hydrogen) atoms. The number of urea groups is 1. The monoisotopic (exact) mass is 486 g/mol. The summed E-state index contributed by atoms with van der Waals surface area (Å²) >= 11 is 22.1. The number of carbonyl (C=O) groups is 2. The Morgan fingerprint density at radius 2 is 1.69 bits per heavy atom. The number of hydrogen-bond acceptors (Lipinski definition) is 4. The Hall–Kier alpha value is -2.00. The lowest BCUT2D eigenvalue weighted by atomic mass is 10.2. The number of benzene rings is 2. The minimum absolute atomic E-state index is 0.00860. The second-order valence-corrected chi connectivity index (χ2v) is 7.25. The summed E-state index contributed by atoms with van der Waals surface area (Å²) < 4.78 is 36.5. The molecule has 0 unspecified atom stereocenters. The van der Waals surface area contributed by atoms with Crippen LogP contribution in [0.15, 0.2) is 36.4 Å². The van der Waals surface area contributed by atoms with Crippen molar-refractivity contribution in [1.29, 1.82) is 0 Å². The minimum Gasteiger partial charge on any atom is -0.496 e. The lowest BCUT2D eigenvalue weighted by Gasteiger charge is -2.20. The number of nitrogens with one attached hydrogen (secondary N) is 2. The first kappa shape index (κ1) is 23.3. The summed E-state index contributed by atoms with van der Waals surface area (Å²) in [5.41, 5.74) is 0.137. The van der Waals surface area contributed by atoms with Crippen LogP contribution >= 0.6 is 46.4 Å². The van der Waals surface area contributed by atoms with E-state index in [0.717, 1.165) is 12.1 Å². The fourth-order valence-corrected chi connectivity index (χ4v) is 2.73. The predicted molar refractivity (Wildman–Crippen MR) is 107 cm³/mol. The lowest BCUT2D eigenvalue weighted by Crippen LogP contribution is -2.34. The molecule has 0 bridgehead atoms. The molecule has 12 heteroatoms. The maximum atomic E-state index is 13.5. The zero-order chi connectivity index (χ0) is 21.8. The SMILES string of the molecule is COc1ccccc1C(=O)NC(=O)Nc1cc(Cl)c(OC(F)(F)C(Cl)Cl)c(Cl)c1. The molecule has 0 saturated carbocycles. The first-order valence-electron chi connectivity index (χ1n) is 7.64. The van der Waals surface area contributed by atoms with Crippen molar-refractivity contribution in [2.24, 2.45) is 0 Å². The summed E-state index contributed by atoms with van der Waals surface area (Å²) in [6.45, 7) is 0. The number of halogens is 6. The van der Waals surface area contributed by atoms with Crippen molar-refractivity contribution >= 4 is 64.0 Å². The van der Waals surface area contributed by atoms with Gasteiger partial charge in [-0.15, -0.1) is 0 Å². The molecule has 0 radical (unpaired) electrons. The highest BCUT2D eigenvalue weighted by Crippen LogP contribution is 2.40. The van der Waals surface area contributed by atoms with Crippen molar-refractivity contribution in [1.82, 2.24) is 5.32 Å². The maximum Gasteiger partial charge on any atom is 0.428 e. The number of imide groups is 1. The lowest BCUT2D eigenvalue weighted by molar-refractivity contribution is -0.163. The van der Waals surface area contributed by atoms with Gasteiger partial charge in [0.05, 0.1) is 22.7 Å². The molecule has 6 nitrogen and oxygen atoms in total. The van der Waals surface area contributed by atoms with Gasteiger partial charge < -0.3 is 14.8 Å². The van der Waals surface area contributed by atoms with Crippen molar-refractivity contribution in [3.8, 4) is 11.5 Å². The van der Waals surface area contributed by atoms with Crippen LogP contribution < -0.4 is 20.1 Å². The molecule has 0 atom stereocenters. The van der Waals surface area contributed by atoms with Gasteiger partial charge in [0.2, 0.25) is 4.84 Å². The Morgan fingerprint density at radius 3 is 2.24 bits per heavy atom. The van der Waals surface area contributed by atoms with Gasteiger partial charge in [0.15, 0.2) is 5.75 Å². The Kier molecular flexibility index (Phi) is 7.76. The third-order valence-corrected chi connectivity index (χ3v) is 4.40. The smallest absolute Gasteiger partial charge is 0.428 e. The van der Waals surface area contributed by atoms with Gasteiger partial charge in [0, 0.05) is 5.69 Å². The van der Waals surface area contributed by atoms with E-state index in [1.165, 1.54) is 13.2 Å². The van der Waals surface area contributed by atoms with E-state index in [1.54, 1.807) is 18.2 Å². The zero-order valence-electron chi connectivity index (χ0n) is 14.4. The van der Waals surface area contributed by atoms with Crippen LogP contribution in [-0.2, 0) is 0 Å². The Labute approximate surface area is 184 Å². The molecule has 2 aromatic rings. The highest BCUT2D eigenvalue weighted by atomic mass is 35.5. The Bertz CT molecular complexity index is 905. The molecule has 3 amide bonds. The van der Waals surface area contributed by atoms with Crippen LogP contribution in [0.5, 0.6) is 11.5 Å². The molecule has 0 aliphatic heterocycles. The Balaban J connectivity index is 2.12. The molecule has 0 heterocycles. The van der Waals surface area contributed by atoms with Crippen molar-refractivity contribution in [3.63, 3.8) is 0 Å². The van der Waals surface area contributed by atoms with E-state index >= 15 is 0 Å². The summed E-state index contributed by atoms with van der Waals surface area (Å²) in [7, 11) is 1.37. The second-order valence-electron chi connectivity index (χ2n) is 5.34. The standard InChI is InChI=1S/C17H12Cl4F2N2O4/c1-28-12-5-3-2-4-9(12)14(26)25-16(27)24-8-6-10(18)13(11(19)7-8)29-17(22,23)15(20)21/h2-7,15H,1H3,(H2,24,25,26,27). The van der Waals surface area contributed by atoms with Gasteiger partial charge in [-0.25, -0.2) is 4.79 Å². The number of alkyl halides is 4. The number of para-hydroxylation sites is 1. The van der Waals surface area contributed by atoms with Crippen molar-refractivity contribution in [3.05, 3.63) is 52.0 Å². The number of hydrogen-bond donors (Lipinski definition) is 2. The minimum atomic E-state index is -3.95. The summed E-state index contributed by atoms with van der Waals surface area (Å²) in [6, 6.07) is 7.51. The van der Waals surface area contributed by atoms with Gasteiger partial charge in [-0.05, 0) is 24.3 Å². The first-order valence-corrected chi connectivity index (χ1v) is 9.27. The van der Waals surface area contributed by atoms with E-state index < -0.39 is 28.6 Å². The fraction of sp³-hybridized carbons (Fsp3) is 0.176. The molecule has 2 N–H and O–H groups in total. The number of amides is 3. The molecule has 0 spiro atoms. The molecular formula is C17H12Cl4F2N2O4. The molecule has 2 aromatic carbocycles. The van der Waals surface area contributed by atoms with Crippen molar-refractivity contribution < 1.29 is 27.8 Å². The number of carbonyl (C=O) groups excluding carboxylic acids is 2. The van der Waals surface area contributed by atoms with Gasteiger partial charge in [-0.2, -0.15) is 8.78 Å². The topological polar surface area (TPSA) is 76.7 Å². The quantitative estimate of drug-likeness (QED) is 0.509. The zero-order valence-corrected chi connectivity index (χ0v) is 17.5. The molecule has 0 aromatic heterocycles. The molecule has 2 rings (SSSR count). The van der Waals surface area contributed by atoms with E-state index in [1.807, 2.05) is 0 Å². The molecule has 0 fully saturated rings. The van der Waals surface area contributed by atoms with Crippen LogP contribution in [0.25, 0.3) is 0 Å². The molecular weight excluding hydrogens is 476 g/mol. The highest BCUT2D eigenvalue weighted by molar-refractivity contribution is 6.45. The van der Waals surface area contributed by atoms with Crippen LogP contribution in [0, 0.1) is 0 Å². The van der Waals surface area contributed by atoms with Gasteiger partial charge in [-0.1, -0.05) is 58.5 Å². The van der Waals surface area contributed by atoms with Crippen molar-refractivity contribution in [2.45, 2.75) is 10.9 Å². The summed E-state index contributed by atoms with van der Waals surface area (Å²) in [4.78, 5) is 22.1. The van der Waals surface area contributed by atoms with Crippen LogP contribution in [0.1, 0.15) is 10.4 Å². The van der Waals surface area contributed by atoms with Gasteiger partial charge in [0.25, 0.3) is 5.91 Å². The van der Waals surface area contributed by atoms with E-state index in [-0.39, 0.29) is 27.0 Å². The second kappa shape index (κ2) is 9.67. The number of methoxy groups -OCH3 is 1. The van der Waals surface area contributed by atoms with E-state index in [4.69, 9.17) is 51.1 Å². The van der Waals surface area contributed by atoms with E-state index in [9.17, 15) is 18.4 Å². The van der Waals surface area contributed by atoms with E-state index in [2.05, 4.69) is 15.4 Å². The molecule has 0 aliphatic rings. The maximum absolute atomic E-state index is 13.5. The van der Waals surface area contributed by atoms with E-state index in [0.29, 0.717) is 0 Å². The molecule has 0 saturated heterocycles.